The molecule has 0 radical (unpaired) electrons. The first kappa shape index (κ1) is 12.0. The fourth-order valence-corrected chi connectivity index (χ4v) is 1.70. The van der Waals surface area contributed by atoms with E-state index in [0.717, 1.165) is 12.8 Å². The Morgan fingerprint density at radius 1 is 1.73 bits per heavy atom. The lowest BCUT2D eigenvalue weighted by Gasteiger charge is -2.13. The van der Waals surface area contributed by atoms with Crippen LogP contribution >= 0.6 is 0 Å². The summed E-state index contributed by atoms with van der Waals surface area (Å²) in [4.78, 5) is 11.2. The standard InChI is InChI=1S/C11H18O4/c1-7(12)6-9-4-5-10(15-9)8(2)11(13)14-3/h7,9,12H,4-6H2,1-3H3/b10-8+/t7-,9+/m1/s1. The van der Waals surface area contributed by atoms with E-state index in [9.17, 15) is 9.90 Å². The van der Waals surface area contributed by atoms with Gasteiger partial charge in [0.25, 0.3) is 0 Å². The highest BCUT2D eigenvalue weighted by Gasteiger charge is 2.25. The van der Waals surface area contributed by atoms with Gasteiger partial charge in [-0.2, -0.15) is 0 Å². The molecule has 1 N–H and O–H groups in total. The third-order valence-corrected chi connectivity index (χ3v) is 2.52. The van der Waals surface area contributed by atoms with Gasteiger partial charge in [-0.25, -0.2) is 4.79 Å². The number of methoxy groups -OCH3 is 1. The van der Waals surface area contributed by atoms with Crippen molar-refractivity contribution in [1.29, 1.82) is 0 Å². The van der Waals surface area contributed by atoms with Crippen molar-refractivity contribution in [2.75, 3.05) is 7.11 Å². The van der Waals surface area contributed by atoms with E-state index in [1.54, 1.807) is 13.8 Å². The molecule has 4 heteroatoms. The Hall–Kier alpha value is -1.03. The van der Waals surface area contributed by atoms with Crippen LogP contribution in [0.5, 0.6) is 0 Å². The van der Waals surface area contributed by atoms with Crippen LogP contribution in [0.2, 0.25) is 0 Å². The van der Waals surface area contributed by atoms with E-state index in [1.807, 2.05) is 0 Å². The zero-order chi connectivity index (χ0) is 11.4. The molecule has 0 unspecified atom stereocenters. The Morgan fingerprint density at radius 3 is 2.93 bits per heavy atom. The van der Waals surface area contributed by atoms with Gasteiger partial charge in [-0.1, -0.05) is 0 Å². The molecule has 0 bridgehead atoms. The lowest BCUT2D eigenvalue weighted by molar-refractivity contribution is -0.136. The summed E-state index contributed by atoms with van der Waals surface area (Å²) in [6.45, 7) is 3.43. The predicted octanol–water partition coefficient (Wildman–Crippen LogP) is 1.38. The van der Waals surface area contributed by atoms with Crippen LogP contribution in [0, 0.1) is 0 Å². The molecule has 1 fully saturated rings. The molecule has 15 heavy (non-hydrogen) atoms. The largest absolute Gasteiger partial charge is 0.494 e. The molecular weight excluding hydrogens is 196 g/mol. The van der Waals surface area contributed by atoms with Gasteiger partial charge >= 0.3 is 5.97 Å². The van der Waals surface area contributed by atoms with Gasteiger partial charge in [0.15, 0.2) is 0 Å². The number of hydrogen-bond donors (Lipinski definition) is 1. The number of carbonyl (C=O) groups excluding carboxylic acids is 1. The number of carbonyl (C=O) groups is 1. The second-order valence-corrected chi connectivity index (χ2v) is 3.90. The van der Waals surface area contributed by atoms with Gasteiger partial charge in [-0.05, 0) is 20.3 Å². The molecule has 0 aliphatic carbocycles. The van der Waals surface area contributed by atoms with Gasteiger partial charge < -0.3 is 14.6 Å². The smallest absolute Gasteiger partial charge is 0.336 e. The van der Waals surface area contributed by atoms with Crippen LogP contribution in [-0.4, -0.2) is 30.4 Å². The van der Waals surface area contributed by atoms with Gasteiger partial charge in [0.05, 0.1) is 18.8 Å². The molecule has 1 rings (SSSR count). The van der Waals surface area contributed by atoms with Gasteiger partial charge in [0.2, 0.25) is 0 Å². The molecular formula is C11H18O4. The van der Waals surface area contributed by atoms with E-state index in [0.29, 0.717) is 17.8 Å². The Kier molecular flexibility index (Phi) is 4.15. The lowest BCUT2D eigenvalue weighted by atomic mass is 10.1. The van der Waals surface area contributed by atoms with E-state index in [1.165, 1.54) is 7.11 Å². The molecule has 0 amide bonds. The normalized spacial score (nSPS) is 25.7. The maximum atomic E-state index is 11.2. The van der Waals surface area contributed by atoms with Crippen LogP contribution in [0.25, 0.3) is 0 Å². The van der Waals surface area contributed by atoms with E-state index in [4.69, 9.17) is 4.74 Å². The zero-order valence-electron chi connectivity index (χ0n) is 9.45. The summed E-state index contributed by atoms with van der Waals surface area (Å²) >= 11 is 0. The minimum absolute atomic E-state index is 0.0274. The lowest BCUT2D eigenvalue weighted by Crippen LogP contribution is -2.14. The summed E-state index contributed by atoms with van der Waals surface area (Å²) in [5.74, 6) is 0.357. The number of rotatable bonds is 3. The third-order valence-electron chi connectivity index (χ3n) is 2.52. The second-order valence-electron chi connectivity index (χ2n) is 3.90. The van der Waals surface area contributed by atoms with Crippen LogP contribution < -0.4 is 0 Å². The molecule has 4 nitrogen and oxygen atoms in total. The summed E-state index contributed by atoms with van der Waals surface area (Å²) in [6, 6.07) is 0. The highest BCUT2D eigenvalue weighted by atomic mass is 16.5. The summed E-state index contributed by atoms with van der Waals surface area (Å²) in [7, 11) is 1.36. The van der Waals surface area contributed by atoms with Crippen molar-refractivity contribution < 1.29 is 19.4 Å². The van der Waals surface area contributed by atoms with Crippen molar-refractivity contribution in [2.45, 2.75) is 45.3 Å². The summed E-state index contributed by atoms with van der Waals surface area (Å²) < 4.78 is 10.2. The fourth-order valence-electron chi connectivity index (χ4n) is 1.70. The number of aliphatic hydroxyl groups excluding tert-OH is 1. The monoisotopic (exact) mass is 214 g/mol. The average molecular weight is 214 g/mol. The molecule has 0 aromatic carbocycles. The number of esters is 1. The fraction of sp³-hybridized carbons (Fsp3) is 0.727. The molecule has 0 aromatic rings. The molecule has 0 aromatic heterocycles. The first-order valence-corrected chi connectivity index (χ1v) is 5.17. The van der Waals surface area contributed by atoms with Gasteiger partial charge in [-0.15, -0.1) is 0 Å². The summed E-state index contributed by atoms with van der Waals surface area (Å²) in [5.41, 5.74) is 0.533. The number of allylic oxidation sites excluding steroid dienone is 1. The average Bonchev–Trinajstić information content (AvgIpc) is 2.63. The number of hydrogen-bond acceptors (Lipinski definition) is 4. The van der Waals surface area contributed by atoms with Crippen molar-refractivity contribution in [3.63, 3.8) is 0 Å². The van der Waals surface area contributed by atoms with Crippen LogP contribution in [0.3, 0.4) is 0 Å². The maximum Gasteiger partial charge on any atom is 0.336 e. The van der Waals surface area contributed by atoms with Crippen LogP contribution in [0.15, 0.2) is 11.3 Å². The van der Waals surface area contributed by atoms with Crippen molar-refractivity contribution in [3.8, 4) is 0 Å². The topological polar surface area (TPSA) is 55.8 Å². The number of ether oxygens (including phenoxy) is 2. The molecule has 86 valence electrons. The molecule has 2 atom stereocenters. The Morgan fingerprint density at radius 2 is 2.40 bits per heavy atom. The zero-order valence-corrected chi connectivity index (χ0v) is 9.45. The second kappa shape index (κ2) is 5.16. The van der Waals surface area contributed by atoms with Gasteiger partial charge in [0.1, 0.15) is 11.9 Å². The number of aliphatic hydroxyl groups is 1. The quantitative estimate of drug-likeness (QED) is 0.569. The molecule has 1 heterocycles. The van der Waals surface area contributed by atoms with E-state index in [-0.39, 0.29) is 18.2 Å². The maximum absolute atomic E-state index is 11.2. The molecule has 0 spiro atoms. The predicted molar refractivity (Wildman–Crippen MR) is 55.1 cm³/mol. The molecule has 0 saturated carbocycles. The van der Waals surface area contributed by atoms with Crippen molar-refractivity contribution in [3.05, 3.63) is 11.3 Å². The molecule has 1 aliphatic heterocycles. The minimum atomic E-state index is -0.368. The SMILES string of the molecule is COC(=O)/C(C)=C1\CC[C@@H](C[C@@H](C)O)O1. The first-order chi connectivity index (χ1) is 7.04. The van der Waals surface area contributed by atoms with Crippen LogP contribution in [0.1, 0.15) is 33.1 Å². The van der Waals surface area contributed by atoms with Crippen molar-refractivity contribution >= 4 is 5.97 Å². The molecule has 1 aliphatic rings. The third kappa shape index (κ3) is 3.23. The van der Waals surface area contributed by atoms with Gasteiger partial charge in [-0.3, -0.25) is 0 Å². The summed E-state index contributed by atoms with van der Waals surface area (Å²) in [6.07, 6.45) is 1.87. The summed E-state index contributed by atoms with van der Waals surface area (Å²) in [5, 5.41) is 9.21. The highest BCUT2D eigenvalue weighted by molar-refractivity contribution is 5.88. The Labute approximate surface area is 89.9 Å². The van der Waals surface area contributed by atoms with E-state index in [2.05, 4.69) is 4.74 Å². The van der Waals surface area contributed by atoms with E-state index < -0.39 is 0 Å². The van der Waals surface area contributed by atoms with Crippen molar-refractivity contribution in [2.24, 2.45) is 0 Å². The first-order valence-electron chi connectivity index (χ1n) is 5.17. The van der Waals surface area contributed by atoms with Gasteiger partial charge in [0, 0.05) is 12.8 Å². The van der Waals surface area contributed by atoms with Crippen LogP contribution in [0.4, 0.5) is 0 Å². The van der Waals surface area contributed by atoms with Crippen molar-refractivity contribution in [1.82, 2.24) is 0 Å². The Bertz CT molecular complexity index is 268. The minimum Gasteiger partial charge on any atom is -0.494 e. The van der Waals surface area contributed by atoms with E-state index >= 15 is 0 Å². The van der Waals surface area contributed by atoms with Crippen LogP contribution in [-0.2, 0) is 14.3 Å². The Balaban J connectivity index is 2.58. The molecule has 1 saturated heterocycles. The highest BCUT2D eigenvalue weighted by Crippen LogP contribution is 2.28.